The molecule has 1 aromatic rings. The highest BCUT2D eigenvalue weighted by molar-refractivity contribution is 7.99. The molecule has 0 saturated carbocycles. The first-order valence-electron chi connectivity index (χ1n) is 4.93. The van der Waals surface area contributed by atoms with Gasteiger partial charge >= 0.3 is 6.01 Å². The third-order valence-corrected chi connectivity index (χ3v) is 2.99. The third kappa shape index (κ3) is 4.51. The fourth-order valence-electron chi connectivity index (χ4n) is 0.842. The molecule has 5 nitrogen and oxygen atoms in total. The van der Waals surface area contributed by atoms with Crippen molar-refractivity contribution in [2.75, 3.05) is 19.0 Å². The molecule has 0 amide bonds. The van der Waals surface area contributed by atoms with Gasteiger partial charge in [0.2, 0.25) is 5.28 Å². The molecule has 1 atom stereocenters. The van der Waals surface area contributed by atoms with Crippen LogP contribution in [0.25, 0.3) is 0 Å². The van der Waals surface area contributed by atoms with E-state index in [0.29, 0.717) is 11.8 Å². The lowest BCUT2D eigenvalue weighted by Gasteiger charge is -2.07. The maximum atomic E-state index is 8.89. The Kier molecular flexibility index (Phi) is 5.79. The van der Waals surface area contributed by atoms with Crippen molar-refractivity contribution in [3.63, 3.8) is 0 Å². The number of aliphatic hydroxyl groups excluding tert-OH is 1. The first-order chi connectivity index (χ1) is 7.65. The summed E-state index contributed by atoms with van der Waals surface area (Å²) in [5.41, 5.74) is 0. The predicted octanol–water partition coefficient (Wildman–Crippen LogP) is 1.64. The van der Waals surface area contributed by atoms with Crippen molar-refractivity contribution >= 4 is 23.4 Å². The Bertz CT molecular complexity index is 341. The number of nitrogens with zero attached hydrogens (tertiary/aromatic N) is 3. The van der Waals surface area contributed by atoms with E-state index >= 15 is 0 Å². The topological polar surface area (TPSA) is 68.1 Å². The van der Waals surface area contributed by atoms with Gasteiger partial charge in [0, 0.05) is 12.4 Å². The minimum Gasteiger partial charge on any atom is -0.464 e. The van der Waals surface area contributed by atoms with E-state index in [1.807, 2.05) is 13.8 Å². The molecule has 90 valence electrons. The van der Waals surface area contributed by atoms with Gasteiger partial charge in [0.05, 0.1) is 6.61 Å². The second-order valence-electron chi connectivity index (χ2n) is 3.20. The molecule has 0 fully saturated rings. The Balaban J connectivity index is 2.64. The van der Waals surface area contributed by atoms with E-state index < -0.39 is 0 Å². The number of ether oxygens (including phenoxy) is 1. The van der Waals surface area contributed by atoms with Gasteiger partial charge in [0.1, 0.15) is 0 Å². The first-order valence-corrected chi connectivity index (χ1v) is 6.30. The molecule has 0 aliphatic rings. The third-order valence-electron chi connectivity index (χ3n) is 1.65. The first kappa shape index (κ1) is 13.5. The van der Waals surface area contributed by atoms with Crippen LogP contribution in [-0.4, -0.2) is 39.0 Å². The van der Waals surface area contributed by atoms with Crippen LogP contribution < -0.4 is 4.74 Å². The van der Waals surface area contributed by atoms with Crippen molar-refractivity contribution in [3.05, 3.63) is 5.28 Å². The van der Waals surface area contributed by atoms with Gasteiger partial charge in [-0.1, -0.05) is 18.7 Å². The van der Waals surface area contributed by atoms with E-state index in [9.17, 15) is 0 Å². The number of thioether (sulfide) groups is 1. The van der Waals surface area contributed by atoms with Crippen molar-refractivity contribution in [1.29, 1.82) is 0 Å². The van der Waals surface area contributed by atoms with Crippen LogP contribution in [0.4, 0.5) is 0 Å². The highest BCUT2D eigenvalue weighted by atomic mass is 35.5. The summed E-state index contributed by atoms with van der Waals surface area (Å²) in [6, 6.07) is 0.238. The van der Waals surface area contributed by atoms with Crippen LogP contribution in [0.2, 0.25) is 5.28 Å². The predicted molar refractivity (Wildman–Crippen MR) is 63.0 cm³/mol. The van der Waals surface area contributed by atoms with Crippen LogP contribution in [0.1, 0.15) is 13.8 Å². The van der Waals surface area contributed by atoms with Crippen LogP contribution >= 0.6 is 23.4 Å². The maximum absolute atomic E-state index is 8.89. The summed E-state index contributed by atoms with van der Waals surface area (Å²) in [5, 5.41) is 9.53. The molecule has 0 aliphatic heterocycles. The number of aromatic nitrogens is 3. The van der Waals surface area contributed by atoms with Gasteiger partial charge in [-0.25, -0.2) is 0 Å². The Morgan fingerprint density at radius 1 is 1.44 bits per heavy atom. The molecule has 0 aromatic carbocycles. The van der Waals surface area contributed by atoms with Crippen molar-refractivity contribution < 1.29 is 9.84 Å². The molecule has 16 heavy (non-hydrogen) atoms. The molecule has 1 aromatic heterocycles. The number of aliphatic hydroxyl groups is 1. The Labute approximate surface area is 104 Å². The molecule has 1 N–H and O–H groups in total. The van der Waals surface area contributed by atoms with Gasteiger partial charge in [0.15, 0.2) is 5.16 Å². The minimum atomic E-state index is 0.123. The van der Waals surface area contributed by atoms with Crippen LogP contribution in [0.5, 0.6) is 6.01 Å². The van der Waals surface area contributed by atoms with E-state index in [1.165, 1.54) is 11.8 Å². The van der Waals surface area contributed by atoms with Gasteiger partial charge in [-0.3, -0.25) is 0 Å². The van der Waals surface area contributed by atoms with Crippen molar-refractivity contribution in [2.24, 2.45) is 5.92 Å². The smallest absolute Gasteiger partial charge is 0.321 e. The number of halogens is 1. The van der Waals surface area contributed by atoms with Gasteiger partial charge < -0.3 is 9.84 Å². The van der Waals surface area contributed by atoms with Crippen LogP contribution in [0.3, 0.4) is 0 Å². The second-order valence-corrected chi connectivity index (χ2v) is 4.53. The summed E-state index contributed by atoms with van der Waals surface area (Å²) >= 11 is 7.15. The lowest BCUT2D eigenvalue weighted by Crippen LogP contribution is -2.05. The maximum Gasteiger partial charge on any atom is 0.321 e. The van der Waals surface area contributed by atoms with Gasteiger partial charge in [-0.05, 0) is 24.4 Å². The van der Waals surface area contributed by atoms with Gasteiger partial charge in [-0.15, -0.1) is 0 Å². The zero-order chi connectivity index (χ0) is 12.0. The average Bonchev–Trinajstić information content (AvgIpc) is 2.25. The fraction of sp³-hybridized carbons (Fsp3) is 0.667. The quantitative estimate of drug-likeness (QED) is 0.787. The molecule has 1 rings (SSSR count). The molecule has 0 bridgehead atoms. The Hall–Kier alpha value is -0.590. The Morgan fingerprint density at radius 3 is 2.81 bits per heavy atom. The average molecular weight is 264 g/mol. The standard InChI is InChI=1S/C9H14ClN3O2S/c1-3-15-8-11-7(10)12-9(13-8)16-5-6(2)4-14/h6,14H,3-5H2,1-2H3. The summed E-state index contributed by atoms with van der Waals surface area (Å²) < 4.78 is 5.15. The highest BCUT2D eigenvalue weighted by Gasteiger charge is 2.08. The summed E-state index contributed by atoms with van der Waals surface area (Å²) in [6.07, 6.45) is 0. The molecule has 7 heteroatoms. The van der Waals surface area contributed by atoms with E-state index in [4.69, 9.17) is 21.4 Å². The highest BCUT2D eigenvalue weighted by Crippen LogP contribution is 2.19. The van der Waals surface area contributed by atoms with E-state index in [0.717, 1.165) is 5.75 Å². The molecule has 0 saturated heterocycles. The van der Waals surface area contributed by atoms with Crippen molar-refractivity contribution in [1.82, 2.24) is 15.0 Å². The van der Waals surface area contributed by atoms with Crippen LogP contribution in [-0.2, 0) is 0 Å². The summed E-state index contributed by atoms with van der Waals surface area (Å²) in [4.78, 5) is 11.9. The molecular formula is C9H14ClN3O2S. The molecular weight excluding hydrogens is 250 g/mol. The normalized spacial score (nSPS) is 12.5. The largest absolute Gasteiger partial charge is 0.464 e. The Morgan fingerprint density at radius 2 is 2.19 bits per heavy atom. The van der Waals surface area contributed by atoms with Crippen LogP contribution in [0, 0.1) is 5.92 Å². The monoisotopic (exact) mass is 263 g/mol. The van der Waals surface area contributed by atoms with Gasteiger partial charge in [0.25, 0.3) is 0 Å². The lowest BCUT2D eigenvalue weighted by molar-refractivity contribution is 0.250. The molecule has 0 spiro atoms. The number of hydrogen-bond donors (Lipinski definition) is 1. The fourth-order valence-corrected chi connectivity index (χ4v) is 1.88. The molecule has 0 radical (unpaired) electrons. The van der Waals surface area contributed by atoms with E-state index in [1.54, 1.807) is 0 Å². The number of hydrogen-bond acceptors (Lipinski definition) is 6. The van der Waals surface area contributed by atoms with Crippen molar-refractivity contribution in [3.8, 4) is 6.01 Å². The summed E-state index contributed by atoms with van der Waals surface area (Å²) in [5.74, 6) is 0.915. The summed E-state index contributed by atoms with van der Waals surface area (Å²) in [6.45, 7) is 4.42. The minimum absolute atomic E-state index is 0.123. The van der Waals surface area contributed by atoms with Crippen molar-refractivity contribution in [2.45, 2.75) is 19.0 Å². The van der Waals surface area contributed by atoms with Gasteiger partial charge in [-0.2, -0.15) is 15.0 Å². The molecule has 0 aliphatic carbocycles. The second kappa shape index (κ2) is 6.88. The zero-order valence-electron chi connectivity index (χ0n) is 9.18. The van der Waals surface area contributed by atoms with E-state index in [-0.39, 0.29) is 23.8 Å². The zero-order valence-corrected chi connectivity index (χ0v) is 10.8. The SMILES string of the molecule is CCOc1nc(Cl)nc(SCC(C)CO)n1. The summed E-state index contributed by atoms with van der Waals surface area (Å²) in [7, 11) is 0. The number of rotatable bonds is 6. The van der Waals surface area contributed by atoms with Crippen LogP contribution in [0.15, 0.2) is 5.16 Å². The molecule has 1 heterocycles. The van der Waals surface area contributed by atoms with E-state index in [2.05, 4.69) is 15.0 Å². The molecule has 1 unspecified atom stereocenters. The lowest BCUT2D eigenvalue weighted by atomic mass is 10.2.